The van der Waals surface area contributed by atoms with Crippen LogP contribution in [0.3, 0.4) is 0 Å². The van der Waals surface area contributed by atoms with Gasteiger partial charge in [-0.2, -0.15) is 0 Å². The van der Waals surface area contributed by atoms with E-state index in [1.54, 1.807) is 54.6 Å². The molecule has 2 amide bonds. The topological polar surface area (TPSA) is 102 Å². The molecule has 8 heteroatoms. The van der Waals surface area contributed by atoms with Gasteiger partial charge in [-0.1, -0.05) is 30.3 Å². The highest BCUT2D eigenvalue weighted by molar-refractivity contribution is 6.12. The van der Waals surface area contributed by atoms with E-state index in [9.17, 15) is 14.4 Å². The number of amides is 2. The Bertz CT molecular complexity index is 1440. The number of aromatic nitrogens is 1. The number of hydrogen-bond acceptors (Lipinski definition) is 6. The van der Waals surface area contributed by atoms with Gasteiger partial charge in [0.1, 0.15) is 18.0 Å². The van der Waals surface area contributed by atoms with Crippen LogP contribution in [0, 0.1) is 6.92 Å². The van der Waals surface area contributed by atoms with E-state index in [0.29, 0.717) is 33.7 Å². The molecule has 0 aliphatic carbocycles. The van der Waals surface area contributed by atoms with Crippen LogP contribution < -0.4 is 10.2 Å². The number of aryl methyl sites for hydroxylation is 1. The number of nitrogens with zero attached hydrogens (tertiary/aromatic N) is 2. The monoisotopic (exact) mass is 455 g/mol. The van der Waals surface area contributed by atoms with Gasteiger partial charge in [0, 0.05) is 5.39 Å². The van der Waals surface area contributed by atoms with E-state index in [2.05, 4.69) is 10.3 Å². The van der Waals surface area contributed by atoms with Crippen LogP contribution in [0.2, 0.25) is 0 Å². The zero-order valence-corrected chi connectivity index (χ0v) is 18.6. The first-order valence-corrected chi connectivity index (χ1v) is 10.8. The number of carbonyl (C=O) groups is 3. The molecule has 1 atom stereocenters. The predicted molar refractivity (Wildman–Crippen MR) is 126 cm³/mol. The molecule has 1 N–H and O–H groups in total. The second kappa shape index (κ2) is 8.47. The van der Waals surface area contributed by atoms with Crippen molar-refractivity contribution in [1.29, 1.82) is 0 Å². The fraction of sp³-hybridized carbons (Fsp3) is 0.154. The standard InChI is InChI=1S/C26H21N3O5/c1-15-11-12-23(33-15)21-13-18(17-7-3-4-8-19(17)27-21)26(32)34-16(2)25(31)29-14-24(30)28-20-9-5-6-10-22(20)29/h3-13,16H,14H2,1-2H3,(H,28,30). The Hall–Kier alpha value is -4.46. The number of nitrogens with one attached hydrogen (secondary N) is 1. The molecule has 0 saturated heterocycles. The summed E-state index contributed by atoms with van der Waals surface area (Å²) < 4.78 is 11.3. The molecule has 4 aromatic rings. The maximum atomic E-state index is 13.2. The molecule has 0 spiro atoms. The normalized spacial score (nSPS) is 13.8. The highest BCUT2D eigenvalue weighted by Gasteiger charge is 2.32. The van der Waals surface area contributed by atoms with Gasteiger partial charge >= 0.3 is 5.97 Å². The maximum Gasteiger partial charge on any atom is 0.339 e. The Balaban J connectivity index is 1.45. The van der Waals surface area contributed by atoms with Crippen molar-refractivity contribution >= 4 is 40.1 Å². The molecule has 2 aromatic heterocycles. The van der Waals surface area contributed by atoms with Gasteiger partial charge in [0.05, 0.1) is 22.5 Å². The number of fused-ring (bicyclic) bond motifs is 2. The molecule has 0 radical (unpaired) electrons. The number of para-hydroxylation sites is 3. The van der Waals surface area contributed by atoms with Gasteiger partial charge in [-0.15, -0.1) is 0 Å². The number of rotatable bonds is 4. The zero-order chi connectivity index (χ0) is 23.8. The predicted octanol–water partition coefficient (Wildman–Crippen LogP) is 4.33. The van der Waals surface area contributed by atoms with Gasteiger partial charge in [0.25, 0.3) is 5.91 Å². The van der Waals surface area contributed by atoms with Crippen LogP contribution in [0.25, 0.3) is 22.4 Å². The van der Waals surface area contributed by atoms with Crippen molar-refractivity contribution in [1.82, 2.24) is 4.98 Å². The van der Waals surface area contributed by atoms with Gasteiger partial charge in [0.2, 0.25) is 5.91 Å². The Morgan fingerprint density at radius 1 is 1.09 bits per heavy atom. The number of pyridine rings is 1. The Labute approximate surface area is 195 Å². The first kappa shape index (κ1) is 21.4. The second-order valence-corrected chi connectivity index (χ2v) is 8.02. The van der Waals surface area contributed by atoms with Gasteiger partial charge in [-0.05, 0) is 50.2 Å². The van der Waals surface area contributed by atoms with Gasteiger partial charge in [-0.3, -0.25) is 14.5 Å². The molecule has 8 nitrogen and oxygen atoms in total. The van der Waals surface area contributed by atoms with E-state index in [1.165, 1.54) is 11.8 Å². The summed E-state index contributed by atoms with van der Waals surface area (Å²) in [4.78, 5) is 44.4. The highest BCUT2D eigenvalue weighted by Crippen LogP contribution is 2.30. The lowest BCUT2D eigenvalue weighted by atomic mass is 10.1. The molecule has 0 fully saturated rings. The minimum Gasteiger partial charge on any atom is -0.460 e. The summed E-state index contributed by atoms with van der Waals surface area (Å²) in [6, 6.07) is 19.4. The minimum absolute atomic E-state index is 0.155. The number of hydrogen-bond donors (Lipinski definition) is 1. The molecule has 5 rings (SSSR count). The summed E-state index contributed by atoms with van der Waals surface area (Å²) in [5, 5.41) is 3.34. The molecule has 170 valence electrons. The molecule has 1 unspecified atom stereocenters. The van der Waals surface area contributed by atoms with Crippen molar-refractivity contribution in [3.63, 3.8) is 0 Å². The summed E-state index contributed by atoms with van der Waals surface area (Å²) in [6.45, 7) is 3.17. The molecule has 0 bridgehead atoms. The van der Waals surface area contributed by atoms with Crippen molar-refractivity contribution in [3.8, 4) is 11.5 Å². The number of ether oxygens (including phenoxy) is 1. The summed E-state index contributed by atoms with van der Waals surface area (Å²) >= 11 is 0. The van der Waals surface area contributed by atoms with E-state index in [4.69, 9.17) is 9.15 Å². The molecule has 0 saturated carbocycles. The third-order valence-corrected chi connectivity index (χ3v) is 5.60. The second-order valence-electron chi connectivity index (χ2n) is 8.02. The number of anilines is 2. The van der Waals surface area contributed by atoms with Gasteiger partial charge < -0.3 is 14.5 Å². The first-order valence-electron chi connectivity index (χ1n) is 10.8. The van der Waals surface area contributed by atoms with Crippen molar-refractivity contribution in [3.05, 3.63) is 78.1 Å². The summed E-state index contributed by atoms with van der Waals surface area (Å²) in [5.41, 5.74) is 2.44. The van der Waals surface area contributed by atoms with E-state index >= 15 is 0 Å². The Morgan fingerprint density at radius 2 is 1.85 bits per heavy atom. The van der Waals surface area contributed by atoms with Crippen molar-refractivity contribution in [2.24, 2.45) is 0 Å². The molecule has 2 aromatic carbocycles. The molecule has 3 heterocycles. The lowest BCUT2D eigenvalue weighted by Crippen LogP contribution is -2.47. The average Bonchev–Trinajstić information content (AvgIpc) is 3.28. The molecule has 1 aliphatic rings. The number of esters is 1. The average molecular weight is 455 g/mol. The fourth-order valence-electron chi connectivity index (χ4n) is 3.97. The molecular weight excluding hydrogens is 434 g/mol. The van der Waals surface area contributed by atoms with E-state index in [1.807, 2.05) is 19.1 Å². The van der Waals surface area contributed by atoms with Crippen LogP contribution in [0.5, 0.6) is 0 Å². The lowest BCUT2D eigenvalue weighted by molar-refractivity contribution is -0.128. The van der Waals surface area contributed by atoms with Gasteiger partial charge in [0.15, 0.2) is 11.9 Å². The quantitative estimate of drug-likeness (QED) is 0.460. The Morgan fingerprint density at radius 3 is 2.65 bits per heavy atom. The van der Waals surface area contributed by atoms with Crippen LogP contribution in [-0.4, -0.2) is 35.4 Å². The largest absolute Gasteiger partial charge is 0.460 e. The zero-order valence-electron chi connectivity index (χ0n) is 18.6. The molecule has 34 heavy (non-hydrogen) atoms. The molecule has 1 aliphatic heterocycles. The number of furan rings is 1. The van der Waals surface area contributed by atoms with Crippen LogP contribution in [0.4, 0.5) is 11.4 Å². The minimum atomic E-state index is -1.12. The molecular formula is C26H21N3O5. The number of benzene rings is 2. The summed E-state index contributed by atoms with van der Waals surface area (Å²) in [5.74, 6) is -0.227. The third-order valence-electron chi connectivity index (χ3n) is 5.60. The van der Waals surface area contributed by atoms with Crippen molar-refractivity contribution in [2.75, 3.05) is 16.8 Å². The van der Waals surface area contributed by atoms with E-state index in [0.717, 1.165) is 5.76 Å². The van der Waals surface area contributed by atoms with Crippen LogP contribution >= 0.6 is 0 Å². The first-order chi connectivity index (χ1) is 16.4. The fourth-order valence-corrected chi connectivity index (χ4v) is 3.97. The highest BCUT2D eigenvalue weighted by atomic mass is 16.5. The summed E-state index contributed by atoms with van der Waals surface area (Å²) in [6.07, 6.45) is -1.12. The smallest absolute Gasteiger partial charge is 0.339 e. The van der Waals surface area contributed by atoms with Crippen LogP contribution in [0.15, 0.2) is 71.1 Å². The van der Waals surface area contributed by atoms with E-state index < -0.39 is 18.0 Å². The lowest BCUT2D eigenvalue weighted by Gasteiger charge is -2.30. The van der Waals surface area contributed by atoms with Gasteiger partial charge in [-0.25, -0.2) is 9.78 Å². The Kier molecular flexibility index (Phi) is 5.33. The van der Waals surface area contributed by atoms with Crippen molar-refractivity contribution in [2.45, 2.75) is 20.0 Å². The van der Waals surface area contributed by atoms with Crippen molar-refractivity contribution < 1.29 is 23.5 Å². The summed E-state index contributed by atoms with van der Waals surface area (Å²) in [7, 11) is 0. The van der Waals surface area contributed by atoms with E-state index in [-0.39, 0.29) is 18.0 Å². The number of carbonyl (C=O) groups excluding carboxylic acids is 3. The maximum absolute atomic E-state index is 13.2. The van der Waals surface area contributed by atoms with Crippen LogP contribution in [0.1, 0.15) is 23.0 Å². The van der Waals surface area contributed by atoms with Crippen LogP contribution in [-0.2, 0) is 14.3 Å². The SMILES string of the molecule is Cc1ccc(-c2cc(C(=O)OC(C)C(=O)N3CC(=O)Nc4ccccc43)c3ccccc3n2)o1. The third kappa shape index (κ3) is 3.90.